The summed E-state index contributed by atoms with van der Waals surface area (Å²) < 4.78 is 0. The van der Waals surface area contributed by atoms with Gasteiger partial charge >= 0.3 is 0 Å². The van der Waals surface area contributed by atoms with Crippen molar-refractivity contribution in [2.75, 3.05) is 19.7 Å². The van der Waals surface area contributed by atoms with Gasteiger partial charge in [-0.25, -0.2) is 0 Å². The summed E-state index contributed by atoms with van der Waals surface area (Å²) in [5.41, 5.74) is 0.373. The van der Waals surface area contributed by atoms with Crippen molar-refractivity contribution in [1.82, 2.24) is 10.4 Å². The van der Waals surface area contributed by atoms with E-state index >= 15 is 0 Å². The van der Waals surface area contributed by atoms with Crippen molar-refractivity contribution in [2.45, 2.75) is 66.0 Å². The molecule has 1 rings (SSSR count). The Labute approximate surface area is 107 Å². The molecule has 17 heavy (non-hydrogen) atoms. The maximum Gasteiger partial charge on any atom is 0.0690 e. The van der Waals surface area contributed by atoms with Crippen LogP contribution in [0.15, 0.2) is 0 Å². The molecule has 0 bridgehead atoms. The third-order valence-electron chi connectivity index (χ3n) is 3.15. The molecule has 0 aromatic carbocycles. The van der Waals surface area contributed by atoms with E-state index in [-0.39, 0.29) is 0 Å². The molecule has 0 unspecified atom stereocenters. The highest BCUT2D eigenvalue weighted by Crippen LogP contribution is 2.19. The fraction of sp³-hybridized carbons (Fsp3) is 1.00. The second-order valence-electron chi connectivity index (χ2n) is 6.67. The van der Waals surface area contributed by atoms with Gasteiger partial charge in [0.25, 0.3) is 0 Å². The van der Waals surface area contributed by atoms with E-state index in [9.17, 15) is 0 Å². The molecule has 0 spiro atoms. The Kier molecular flexibility index (Phi) is 5.90. The fourth-order valence-electron chi connectivity index (χ4n) is 2.10. The van der Waals surface area contributed by atoms with Crippen LogP contribution in [-0.4, -0.2) is 36.8 Å². The molecule has 102 valence electrons. The smallest absolute Gasteiger partial charge is 0.0690 e. The van der Waals surface area contributed by atoms with E-state index in [0.29, 0.717) is 17.5 Å². The van der Waals surface area contributed by atoms with Crippen LogP contribution >= 0.6 is 0 Å². The van der Waals surface area contributed by atoms with E-state index in [2.05, 4.69) is 45.0 Å². The van der Waals surface area contributed by atoms with Crippen molar-refractivity contribution in [3.8, 4) is 0 Å². The van der Waals surface area contributed by atoms with Crippen LogP contribution in [-0.2, 0) is 4.84 Å². The van der Waals surface area contributed by atoms with Gasteiger partial charge in [0.2, 0.25) is 0 Å². The van der Waals surface area contributed by atoms with Gasteiger partial charge in [0, 0.05) is 25.2 Å². The lowest BCUT2D eigenvalue weighted by molar-refractivity contribution is -0.175. The molecule has 0 aromatic heterocycles. The first-order chi connectivity index (χ1) is 7.87. The molecule has 0 aromatic rings. The monoisotopic (exact) mass is 242 g/mol. The predicted octanol–water partition coefficient (Wildman–Crippen LogP) is 2.82. The third kappa shape index (κ3) is 7.02. The molecule has 1 aliphatic heterocycles. The van der Waals surface area contributed by atoms with Crippen molar-refractivity contribution in [3.05, 3.63) is 0 Å². The maximum atomic E-state index is 5.82. The van der Waals surface area contributed by atoms with Crippen LogP contribution in [0.4, 0.5) is 0 Å². The highest BCUT2D eigenvalue weighted by atomic mass is 16.7. The van der Waals surface area contributed by atoms with Crippen molar-refractivity contribution in [1.29, 1.82) is 0 Å². The lowest BCUT2D eigenvalue weighted by Gasteiger charge is -2.33. The van der Waals surface area contributed by atoms with Gasteiger partial charge in [-0.05, 0) is 24.7 Å². The summed E-state index contributed by atoms with van der Waals surface area (Å²) in [5.74, 6) is 0. The number of hydrogen-bond donors (Lipinski definition) is 1. The number of piperidine rings is 1. The molecular formula is C14H30N2O. The van der Waals surface area contributed by atoms with Gasteiger partial charge in [0.1, 0.15) is 0 Å². The lowest BCUT2D eigenvalue weighted by atomic mass is 9.93. The first-order valence-corrected chi connectivity index (χ1v) is 7.01. The van der Waals surface area contributed by atoms with Gasteiger partial charge in [-0.3, -0.25) is 4.84 Å². The summed E-state index contributed by atoms with van der Waals surface area (Å²) in [6.07, 6.45) is 3.53. The summed E-state index contributed by atoms with van der Waals surface area (Å²) >= 11 is 0. The summed E-state index contributed by atoms with van der Waals surface area (Å²) in [4.78, 5) is 5.82. The average molecular weight is 242 g/mol. The Morgan fingerprint density at radius 3 is 2.29 bits per heavy atom. The summed E-state index contributed by atoms with van der Waals surface area (Å²) in [6.45, 7) is 14.2. The molecule has 0 amide bonds. The first-order valence-electron chi connectivity index (χ1n) is 7.01. The van der Waals surface area contributed by atoms with Crippen molar-refractivity contribution < 1.29 is 4.84 Å². The quantitative estimate of drug-likeness (QED) is 0.802. The molecule has 3 heteroatoms. The Hall–Kier alpha value is -0.120. The van der Waals surface area contributed by atoms with Gasteiger partial charge in [0.05, 0.1) is 6.61 Å². The van der Waals surface area contributed by atoms with Crippen LogP contribution in [0, 0.1) is 5.41 Å². The summed E-state index contributed by atoms with van der Waals surface area (Å²) in [5, 5.41) is 5.74. The normalized spacial score (nSPS) is 20.1. The molecule has 0 atom stereocenters. The molecule has 1 saturated heterocycles. The van der Waals surface area contributed by atoms with E-state index in [1.165, 1.54) is 12.8 Å². The minimum atomic E-state index is 0.373. The molecule has 1 fully saturated rings. The highest BCUT2D eigenvalue weighted by Gasteiger charge is 2.20. The number of hydroxylamine groups is 2. The van der Waals surface area contributed by atoms with E-state index in [0.717, 1.165) is 26.1 Å². The largest absolute Gasteiger partial charge is 0.312 e. The van der Waals surface area contributed by atoms with Crippen molar-refractivity contribution in [2.24, 2.45) is 5.41 Å². The van der Waals surface area contributed by atoms with E-state index in [4.69, 9.17) is 4.84 Å². The van der Waals surface area contributed by atoms with Crippen LogP contribution < -0.4 is 5.32 Å². The fourth-order valence-corrected chi connectivity index (χ4v) is 2.10. The van der Waals surface area contributed by atoms with Gasteiger partial charge < -0.3 is 5.32 Å². The Balaban J connectivity index is 2.11. The van der Waals surface area contributed by atoms with Gasteiger partial charge in [-0.1, -0.05) is 34.6 Å². The second-order valence-corrected chi connectivity index (χ2v) is 6.67. The minimum absolute atomic E-state index is 0.373. The number of nitrogens with zero attached hydrogens (tertiary/aromatic N) is 1. The maximum absolute atomic E-state index is 5.82. The Morgan fingerprint density at radius 1 is 1.24 bits per heavy atom. The third-order valence-corrected chi connectivity index (χ3v) is 3.15. The Bertz CT molecular complexity index is 203. The molecule has 0 aliphatic carbocycles. The topological polar surface area (TPSA) is 24.5 Å². The Morgan fingerprint density at radius 2 is 1.82 bits per heavy atom. The van der Waals surface area contributed by atoms with Crippen molar-refractivity contribution >= 4 is 0 Å². The summed E-state index contributed by atoms with van der Waals surface area (Å²) in [6, 6.07) is 1.27. The molecular weight excluding hydrogens is 212 g/mol. The second kappa shape index (κ2) is 6.72. The molecule has 1 N–H and O–H groups in total. The molecule has 0 radical (unpaired) electrons. The first kappa shape index (κ1) is 14.9. The summed E-state index contributed by atoms with van der Waals surface area (Å²) in [7, 11) is 0. The molecule has 3 nitrogen and oxygen atoms in total. The van der Waals surface area contributed by atoms with Crippen molar-refractivity contribution in [3.63, 3.8) is 0 Å². The zero-order valence-electron chi connectivity index (χ0n) is 12.3. The van der Waals surface area contributed by atoms with Crippen LogP contribution in [0.3, 0.4) is 0 Å². The van der Waals surface area contributed by atoms with E-state index in [1.54, 1.807) is 0 Å². The average Bonchev–Trinajstić information content (AvgIpc) is 2.18. The van der Waals surface area contributed by atoms with Gasteiger partial charge in [0.15, 0.2) is 0 Å². The zero-order valence-corrected chi connectivity index (χ0v) is 12.3. The predicted molar refractivity (Wildman–Crippen MR) is 72.9 cm³/mol. The standard InChI is InChI=1S/C14H30N2O/c1-12(2)15-13-6-9-16(10-7-13)17-11-8-14(3,4)5/h12-13,15H,6-11H2,1-5H3. The van der Waals surface area contributed by atoms with Gasteiger partial charge in [-0.2, -0.15) is 5.06 Å². The highest BCUT2D eigenvalue weighted by molar-refractivity contribution is 4.75. The lowest BCUT2D eigenvalue weighted by Crippen LogP contribution is -2.44. The zero-order chi connectivity index (χ0) is 12.9. The minimum Gasteiger partial charge on any atom is -0.312 e. The van der Waals surface area contributed by atoms with E-state index in [1.807, 2.05) is 0 Å². The van der Waals surface area contributed by atoms with Gasteiger partial charge in [-0.15, -0.1) is 0 Å². The number of rotatable bonds is 5. The van der Waals surface area contributed by atoms with Crippen LogP contribution in [0.5, 0.6) is 0 Å². The van der Waals surface area contributed by atoms with Crippen LogP contribution in [0.25, 0.3) is 0 Å². The molecule has 0 saturated carbocycles. The van der Waals surface area contributed by atoms with Crippen LogP contribution in [0.1, 0.15) is 53.9 Å². The van der Waals surface area contributed by atoms with Crippen LogP contribution in [0.2, 0.25) is 0 Å². The number of nitrogens with one attached hydrogen (secondary N) is 1. The van der Waals surface area contributed by atoms with E-state index < -0.39 is 0 Å². The number of hydrogen-bond acceptors (Lipinski definition) is 3. The SMILES string of the molecule is CC(C)NC1CCN(OCCC(C)(C)C)CC1. The molecule has 1 aliphatic rings. The molecule has 1 heterocycles.